The quantitative estimate of drug-likeness (QED) is 0.212. The number of nitrogens with one attached hydrogen (secondary N) is 2. The van der Waals surface area contributed by atoms with Crippen LogP contribution in [0.25, 0.3) is 5.69 Å². The second-order valence-corrected chi connectivity index (χ2v) is 6.72. The first-order chi connectivity index (χ1) is 14.1. The van der Waals surface area contributed by atoms with Gasteiger partial charge in [0.1, 0.15) is 11.5 Å². The van der Waals surface area contributed by atoms with Gasteiger partial charge in [0.05, 0.1) is 25.2 Å². The highest BCUT2D eigenvalue weighted by atomic mass is 32.2. The Labute approximate surface area is 172 Å². The lowest BCUT2D eigenvalue weighted by atomic mass is 10.3. The van der Waals surface area contributed by atoms with Crippen LogP contribution in [0.4, 0.5) is 11.6 Å². The molecule has 0 unspecified atom stereocenters. The molecule has 0 atom stereocenters. The number of nitrogens with two attached hydrogens (primary N) is 1. The van der Waals surface area contributed by atoms with Crippen LogP contribution in [0.15, 0.2) is 53.7 Å². The number of anilines is 2. The fourth-order valence-corrected chi connectivity index (χ4v) is 3.27. The van der Waals surface area contributed by atoms with Crippen LogP contribution < -0.4 is 26.1 Å². The maximum Gasteiger partial charge on any atom is 0.244 e. The molecule has 3 rings (SSSR count). The zero-order valence-electron chi connectivity index (χ0n) is 16.1. The highest BCUT2D eigenvalue weighted by Crippen LogP contribution is 2.28. The maximum absolute atomic E-state index is 11.5. The van der Waals surface area contributed by atoms with Gasteiger partial charge in [-0.3, -0.25) is 14.8 Å². The average Bonchev–Trinajstić information content (AvgIpc) is 3.15. The molecule has 152 valence electrons. The van der Waals surface area contributed by atoms with Crippen molar-refractivity contribution in [3.63, 3.8) is 0 Å². The number of carbonyl (C=O) groups excluding carboxylic acids is 1. The molecule has 0 spiro atoms. The van der Waals surface area contributed by atoms with Crippen LogP contribution in [0.1, 0.15) is 6.92 Å². The van der Waals surface area contributed by atoms with E-state index in [1.165, 1.54) is 11.8 Å². The van der Waals surface area contributed by atoms with Crippen molar-refractivity contribution in [3.8, 4) is 17.2 Å². The van der Waals surface area contributed by atoms with Crippen LogP contribution in [-0.2, 0) is 4.79 Å². The van der Waals surface area contributed by atoms with Crippen molar-refractivity contribution in [2.24, 2.45) is 5.84 Å². The lowest BCUT2D eigenvalue weighted by Crippen LogP contribution is -2.31. The summed E-state index contributed by atoms with van der Waals surface area (Å²) >= 11 is 1.23. The van der Waals surface area contributed by atoms with Gasteiger partial charge < -0.3 is 14.8 Å². The van der Waals surface area contributed by atoms with Crippen molar-refractivity contribution in [1.82, 2.24) is 20.2 Å². The molecule has 2 aromatic carbocycles. The van der Waals surface area contributed by atoms with E-state index in [2.05, 4.69) is 20.9 Å². The normalized spacial score (nSPS) is 10.4. The highest BCUT2D eigenvalue weighted by Gasteiger charge is 2.16. The maximum atomic E-state index is 11.5. The van der Waals surface area contributed by atoms with Crippen LogP contribution in [0, 0.1) is 0 Å². The summed E-state index contributed by atoms with van der Waals surface area (Å²) in [6.07, 6.45) is 0. The van der Waals surface area contributed by atoms with Gasteiger partial charge in [0.2, 0.25) is 11.9 Å². The largest absolute Gasteiger partial charge is 0.497 e. The van der Waals surface area contributed by atoms with Crippen LogP contribution in [0.2, 0.25) is 0 Å². The Hall–Kier alpha value is -3.24. The Morgan fingerprint density at radius 1 is 1.10 bits per heavy atom. The van der Waals surface area contributed by atoms with Gasteiger partial charge in [-0.05, 0) is 55.5 Å². The van der Waals surface area contributed by atoms with Gasteiger partial charge in [0.15, 0.2) is 5.16 Å². The molecule has 0 saturated heterocycles. The zero-order valence-corrected chi connectivity index (χ0v) is 16.9. The first-order valence-electron chi connectivity index (χ1n) is 8.86. The number of thioether (sulfide) groups is 1. The summed E-state index contributed by atoms with van der Waals surface area (Å²) in [7, 11) is 1.62. The number of ether oxygens (including phenoxy) is 2. The molecule has 0 bridgehead atoms. The van der Waals surface area contributed by atoms with Crippen LogP contribution in [-0.4, -0.2) is 40.1 Å². The molecule has 1 heterocycles. The van der Waals surface area contributed by atoms with E-state index in [0.29, 0.717) is 17.7 Å². The van der Waals surface area contributed by atoms with E-state index < -0.39 is 0 Å². The number of methoxy groups -OCH3 is 1. The topological polar surface area (TPSA) is 116 Å². The van der Waals surface area contributed by atoms with Crippen molar-refractivity contribution in [2.75, 3.05) is 24.8 Å². The summed E-state index contributed by atoms with van der Waals surface area (Å²) in [6.45, 7) is 2.52. The number of carbonyl (C=O) groups is 1. The molecule has 29 heavy (non-hydrogen) atoms. The number of hydrazine groups is 1. The number of aromatic nitrogens is 3. The fraction of sp³-hybridized carbons (Fsp3) is 0.211. The Balaban J connectivity index is 1.92. The van der Waals surface area contributed by atoms with E-state index in [9.17, 15) is 4.79 Å². The SMILES string of the molecule is CCOc1ccc(-n2c(Nc3ccc(OC)cc3)nnc2SCC(=O)NN)cc1. The molecule has 0 saturated carbocycles. The zero-order chi connectivity index (χ0) is 20.6. The summed E-state index contributed by atoms with van der Waals surface area (Å²) in [4.78, 5) is 11.5. The van der Waals surface area contributed by atoms with E-state index in [0.717, 1.165) is 22.9 Å². The minimum atomic E-state index is -0.305. The lowest BCUT2D eigenvalue weighted by Gasteiger charge is -2.12. The van der Waals surface area contributed by atoms with Gasteiger partial charge >= 0.3 is 0 Å². The first-order valence-corrected chi connectivity index (χ1v) is 9.85. The van der Waals surface area contributed by atoms with Gasteiger partial charge in [-0.25, -0.2) is 5.84 Å². The second-order valence-electron chi connectivity index (χ2n) is 5.78. The first kappa shape index (κ1) is 20.5. The molecule has 10 heteroatoms. The Bertz CT molecular complexity index is 944. The third-order valence-electron chi connectivity index (χ3n) is 3.88. The summed E-state index contributed by atoms with van der Waals surface area (Å²) < 4.78 is 12.5. The summed E-state index contributed by atoms with van der Waals surface area (Å²) in [6, 6.07) is 15.0. The molecule has 0 aliphatic carbocycles. The van der Waals surface area contributed by atoms with Crippen molar-refractivity contribution >= 4 is 29.3 Å². The molecule has 1 amide bonds. The summed E-state index contributed by atoms with van der Waals surface area (Å²) in [5.41, 5.74) is 3.76. The predicted octanol–water partition coefficient (Wildman–Crippen LogP) is 2.50. The molecule has 1 aromatic heterocycles. The van der Waals surface area contributed by atoms with Gasteiger partial charge in [-0.1, -0.05) is 11.8 Å². The van der Waals surface area contributed by atoms with Crippen molar-refractivity contribution in [3.05, 3.63) is 48.5 Å². The third kappa shape index (κ3) is 5.18. The molecule has 0 fully saturated rings. The number of hydrogen-bond acceptors (Lipinski definition) is 8. The third-order valence-corrected chi connectivity index (χ3v) is 4.81. The molecule has 3 aromatic rings. The van der Waals surface area contributed by atoms with Gasteiger partial charge in [-0.15, -0.1) is 10.2 Å². The standard InChI is InChI=1S/C19H22N6O3S/c1-3-28-16-10-6-14(7-11-16)25-18(21-13-4-8-15(27-2)9-5-13)23-24-19(25)29-12-17(26)22-20/h4-11H,3,12,20H2,1-2H3,(H,21,23)(H,22,26). The van der Waals surface area contributed by atoms with Crippen LogP contribution in [0.3, 0.4) is 0 Å². The van der Waals surface area contributed by atoms with Gasteiger partial charge in [0.25, 0.3) is 0 Å². The van der Waals surface area contributed by atoms with Gasteiger partial charge in [-0.2, -0.15) is 0 Å². The Morgan fingerprint density at radius 2 is 1.79 bits per heavy atom. The highest BCUT2D eigenvalue weighted by molar-refractivity contribution is 7.99. The van der Waals surface area contributed by atoms with E-state index in [-0.39, 0.29) is 11.7 Å². The fourth-order valence-electron chi connectivity index (χ4n) is 2.51. The summed E-state index contributed by atoms with van der Waals surface area (Å²) in [5, 5.41) is 12.3. The molecule has 0 radical (unpaired) electrons. The van der Waals surface area contributed by atoms with Crippen LogP contribution in [0.5, 0.6) is 11.5 Å². The number of hydrogen-bond donors (Lipinski definition) is 3. The minimum absolute atomic E-state index is 0.119. The molecule has 9 nitrogen and oxygen atoms in total. The van der Waals surface area contributed by atoms with Crippen molar-refractivity contribution in [2.45, 2.75) is 12.1 Å². The minimum Gasteiger partial charge on any atom is -0.497 e. The van der Waals surface area contributed by atoms with E-state index in [1.807, 2.05) is 60.0 Å². The Kier molecular flexibility index (Phi) is 6.93. The number of benzene rings is 2. The second kappa shape index (κ2) is 9.80. The van der Waals surface area contributed by atoms with E-state index >= 15 is 0 Å². The smallest absolute Gasteiger partial charge is 0.244 e. The lowest BCUT2D eigenvalue weighted by molar-refractivity contribution is -0.118. The monoisotopic (exact) mass is 414 g/mol. The molecular weight excluding hydrogens is 392 g/mol. The summed E-state index contributed by atoms with van der Waals surface area (Å²) in [5.74, 6) is 7.02. The van der Waals surface area contributed by atoms with Gasteiger partial charge in [0, 0.05) is 5.69 Å². The molecule has 0 aliphatic rings. The molecule has 4 N–H and O–H groups in total. The number of nitrogens with zero attached hydrogens (tertiary/aromatic N) is 3. The molecular formula is C19H22N6O3S. The average molecular weight is 414 g/mol. The van der Waals surface area contributed by atoms with E-state index in [1.54, 1.807) is 7.11 Å². The Morgan fingerprint density at radius 3 is 2.41 bits per heavy atom. The van der Waals surface area contributed by atoms with Crippen molar-refractivity contribution < 1.29 is 14.3 Å². The number of amides is 1. The molecule has 0 aliphatic heterocycles. The predicted molar refractivity (Wildman–Crippen MR) is 112 cm³/mol. The number of rotatable bonds is 9. The van der Waals surface area contributed by atoms with Crippen molar-refractivity contribution in [1.29, 1.82) is 0 Å². The van der Waals surface area contributed by atoms with E-state index in [4.69, 9.17) is 15.3 Å². The van der Waals surface area contributed by atoms with Crippen LogP contribution >= 0.6 is 11.8 Å².